The highest BCUT2D eigenvalue weighted by Gasteiger charge is 2.78. The molecule has 0 saturated heterocycles. The number of rotatable bonds is 4. The van der Waals surface area contributed by atoms with E-state index in [4.69, 9.17) is 32.0 Å². The van der Waals surface area contributed by atoms with E-state index in [1.54, 1.807) is 0 Å². The fourth-order valence-electron chi connectivity index (χ4n) is 41.3. The average Bonchev–Trinajstić information content (AvgIpc) is 0.678. The maximum absolute atomic E-state index is 14.5. The van der Waals surface area contributed by atoms with Crippen molar-refractivity contribution in [1.82, 2.24) is 4.72 Å². The fourth-order valence-corrected chi connectivity index (χ4v) is 42.3. The number of nitrogens with zero attached hydrogens (tertiary/aromatic N) is 5. The van der Waals surface area contributed by atoms with E-state index in [1.807, 2.05) is 91.8 Å². The van der Waals surface area contributed by atoms with Gasteiger partial charge in [0.25, 0.3) is 0 Å². The molecule has 0 spiro atoms. The molecular formula is C124H173N7O12S. The van der Waals surface area contributed by atoms with Crippen LogP contribution in [0.25, 0.3) is 19.4 Å². The number of nitrogens with two attached hydrogens (primary N) is 1. The van der Waals surface area contributed by atoms with Gasteiger partial charge in [0, 0.05) is 80.1 Å². The third-order valence-corrected chi connectivity index (χ3v) is 50.7. The topological polar surface area (TPSA) is 287 Å². The number of carboxylic acid groups (broad SMARTS) is 1. The molecule has 0 radical (unpaired) electrons. The zero-order valence-electron chi connectivity index (χ0n) is 93.1. The molecule has 0 aromatic rings. The molecule has 20 aliphatic rings. The van der Waals surface area contributed by atoms with E-state index in [2.05, 4.69) is 169 Å². The molecule has 0 aliphatic heterocycles. The third kappa shape index (κ3) is 14.8. The summed E-state index contributed by atoms with van der Waals surface area (Å²) in [5, 5.41) is 20.3. The van der Waals surface area contributed by atoms with Crippen LogP contribution in [0.4, 0.5) is 0 Å². The summed E-state index contributed by atoms with van der Waals surface area (Å²) in [5.41, 5.74) is 3.47. The van der Waals surface area contributed by atoms with Crippen molar-refractivity contribution in [3.05, 3.63) is 116 Å². The van der Waals surface area contributed by atoms with E-state index in [-0.39, 0.29) is 234 Å². The molecule has 30 atom stereocenters. The fraction of sp³-hybridized carbons (Fsp3) is 0.790. The summed E-state index contributed by atoms with van der Waals surface area (Å²) < 4.78 is 28.3. The molecule has 14 saturated carbocycles. The van der Waals surface area contributed by atoms with Gasteiger partial charge >= 0.3 is 5.97 Å². The maximum Gasteiger partial charge on any atom is 0.303 e. The van der Waals surface area contributed by atoms with Gasteiger partial charge in [-0.3, -0.25) is 24.0 Å². The largest absolute Gasteiger partial charge is 0.481 e. The number of aliphatic carboxylic acids is 1. The van der Waals surface area contributed by atoms with Gasteiger partial charge in [-0.25, -0.2) is 32.5 Å². The van der Waals surface area contributed by atoms with Gasteiger partial charge in [-0.2, -0.15) is 5.26 Å². The van der Waals surface area contributed by atoms with Crippen LogP contribution < -0.4 is 10.5 Å². The number of hydrogen-bond donors (Lipinski definition) is 3. The second kappa shape index (κ2) is 33.1. The molecule has 0 aromatic heterocycles. The predicted octanol–water partition coefficient (Wildman–Crippen LogP) is 26.4. The van der Waals surface area contributed by atoms with Crippen LogP contribution in [0.2, 0.25) is 0 Å². The molecule has 0 amide bonds. The molecule has 20 heteroatoms. The highest BCUT2D eigenvalue weighted by Crippen LogP contribution is 2.82. The summed E-state index contributed by atoms with van der Waals surface area (Å²) in [6, 6.07) is 2.74. The van der Waals surface area contributed by atoms with Crippen LogP contribution in [0.3, 0.4) is 0 Å². The number of carbonyl (C=O) groups excluding carboxylic acids is 8. The van der Waals surface area contributed by atoms with Crippen molar-refractivity contribution in [1.29, 1.82) is 5.26 Å². The Kier molecular flexibility index (Phi) is 24.8. The Morgan fingerprint density at radius 3 is 1.12 bits per heavy atom. The van der Waals surface area contributed by atoms with Gasteiger partial charge in [0.1, 0.15) is 11.6 Å². The molecular weight excluding hydrogens is 1810 g/mol. The summed E-state index contributed by atoms with van der Waals surface area (Å²) in [6.07, 6.45) is 39.8. The van der Waals surface area contributed by atoms with Gasteiger partial charge < -0.3 is 30.0 Å². The van der Waals surface area contributed by atoms with Crippen molar-refractivity contribution in [2.75, 3.05) is 6.26 Å². The van der Waals surface area contributed by atoms with Gasteiger partial charge in [-0.15, -0.1) is 0 Å². The van der Waals surface area contributed by atoms with Gasteiger partial charge in [0.05, 0.1) is 50.4 Å². The van der Waals surface area contributed by atoms with E-state index in [9.17, 15) is 61.9 Å². The van der Waals surface area contributed by atoms with Crippen LogP contribution in [0, 0.1) is 240 Å². The van der Waals surface area contributed by atoms with Crippen molar-refractivity contribution < 1.29 is 56.7 Å². The molecule has 0 unspecified atom stereocenters. The predicted molar refractivity (Wildman–Crippen MR) is 560 cm³/mol. The molecule has 14 fully saturated rings. The number of hydrogen-bond acceptors (Lipinski definition) is 13. The normalized spacial score (nSPS) is 47.9. The zero-order valence-corrected chi connectivity index (χ0v) is 93.9. The van der Waals surface area contributed by atoms with Crippen LogP contribution in [0.5, 0.6) is 0 Å². The standard InChI is InChI=1S/C32H43NO4.C31H46N2O4S.C31H40N2O2.C30H44N2O2/c1-27(2)11-13-32(18-24(35)36)14-12-31(7)25(19(32)16-27)21(34)15-23-29(5)17-20(33-8)26(37)28(3,4)22(29)9-10-30(23,31)6;1-26(2)12-14-31(33-38(9,36)37)15-13-30(7)24(19(31)17-26)21(34)16-23-28(5)18-20(32-8)25(35)27(3,4)22(28)10-11-29(23,30)6;1-26(2)11-13-31(18-32)14-12-30(7)24(19(31)16-26)21(34)15-23-28(5)17-20(33-8)25(35)27(3,4)22(28)9-10-29(23,30)6;1-25(2)11-13-30(31)14-12-29(7)23(18(30)16-25)20(33)15-22-27(5)17-19(32-8)24(34)26(3,4)21(27)9-10-28(22,29)6/h15,17,19,22,25H,9-14,16,18H2,1-7H3,(H,35,36);18-19,22-24,33H,10-17H2,1-7,9H3;15,17,19,22,24H,9-14,16H2,1-7H3;17-18,21-23H,9-16,31H2,1-7H3/t19-,22-,25-,29-,30+,31+,32+;19-,22-,23+,24-,28-,29+,30+,31-;19-,22-,24-,28-,29+,30+,31+;18-,21-,22+,23-,27-,28+,29+,30-/m0000/s1. The Balaban J connectivity index is 0.000000132. The minimum Gasteiger partial charge on any atom is -0.481 e. The Hall–Kier alpha value is -7.41. The van der Waals surface area contributed by atoms with Gasteiger partial charge in [-0.1, -0.05) is 229 Å². The molecule has 782 valence electrons. The molecule has 19 nitrogen and oxygen atoms in total. The smallest absolute Gasteiger partial charge is 0.303 e. The minimum atomic E-state index is -3.44. The molecule has 144 heavy (non-hydrogen) atoms. The van der Waals surface area contributed by atoms with Crippen LogP contribution in [0.1, 0.15) is 393 Å². The lowest BCUT2D eigenvalue weighted by atomic mass is 9.32. The van der Waals surface area contributed by atoms with E-state index >= 15 is 0 Å². The first kappa shape index (κ1) is 108. The van der Waals surface area contributed by atoms with Crippen LogP contribution in [-0.2, 0) is 53.2 Å². The second-order valence-electron chi connectivity index (χ2n) is 60.2. The van der Waals surface area contributed by atoms with Crippen molar-refractivity contribution in [3.8, 4) is 6.07 Å². The van der Waals surface area contributed by atoms with Gasteiger partial charge in [0.2, 0.25) is 32.8 Å². The first-order valence-corrected chi connectivity index (χ1v) is 57.4. The summed E-state index contributed by atoms with van der Waals surface area (Å²) in [4.78, 5) is 137. The lowest BCUT2D eigenvalue weighted by Gasteiger charge is -2.72. The molecule has 4 N–H and O–H groups in total. The Bertz CT molecular complexity index is 6140. The van der Waals surface area contributed by atoms with Crippen LogP contribution in [0.15, 0.2) is 70.4 Å². The Morgan fingerprint density at radius 1 is 0.389 bits per heavy atom. The van der Waals surface area contributed by atoms with E-state index in [1.165, 1.54) is 6.26 Å². The number of fused-ring (bicyclic) bond motifs is 28. The first-order valence-electron chi connectivity index (χ1n) is 55.5. The quantitative estimate of drug-likeness (QED) is 0.221. The number of nitrogens with one attached hydrogen (secondary N) is 1. The second-order valence-corrected chi connectivity index (χ2v) is 62.0. The number of sulfonamides is 1. The van der Waals surface area contributed by atoms with Crippen molar-refractivity contribution in [3.63, 3.8) is 0 Å². The number of nitriles is 1. The summed E-state index contributed by atoms with van der Waals surface area (Å²) in [5.74, 6) is 0.368. The first-order chi connectivity index (χ1) is 65.9. The van der Waals surface area contributed by atoms with E-state index < -0.39 is 64.9 Å². The zero-order chi connectivity index (χ0) is 107. The number of ketones is 8. The minimum absolute atomic E-state index is 0.0140. The lowest BCUT2D eigenvalue weighted by Crippen LogP contribution is -2.72. The average molecular weight is 1990 g/mol. The number of allylic oxidation sites excluding steroid dienone is 12. The summed E-state index contributed by atoms with van der Waals surface area (Å²) in [7, 11) is -3.44. The Labute approximate surface area is 863 Å². The number of carbonyl (C=O) groups is 9. The van der Waals surface area contributed by atoms with Crippen molar-refractivity contribution in [2.24, 2.45) is 208 Å². The third-order valence-electron chi connectivity index (χ3n) is 49.9. The Morgan fingerprint density at radius 2 is 0.708 bits per heavy atom. The van der Waals surface area contributed by atoms with Crippen molar-refractivity contribution >= 4 is 62.3 Å². The molecule has 0 bridgehead atoms. The lowest BCUT2D eigenvalue weighted by molar-refractivity contribution is -0.214. The highest BCUT2D eigenvalue weighted by molar-refractivity contribution is 7.88. The molecule has 0 heterocycles. The molecule has 20 rings (SSSR count). The maximum atomic E-state index is 14.5. The summed E-state index contributed by atoms with van der Waals surface area (Å²) >= 11 is 0. The summed E-state index contributed by atoms with van der Waals surface area (Å²) in [6.45, 7) is 92.8. The SMILES string of the molecule is [C-]#[N+]C1=C[C@]2(C)C3=CC(=O)[C@@H]4[C@@H]5CC(C)(C)CC[C@]5(C#N)CC[C@@]4(C)[C@]3(C)CC[C@H]2C(C)(C)C1=O.[C-]#[N+]C1=C[C@]2(C)C3=CC(=O)[C@@H]4[C@@H]5CC(C)(C)CC[C@]5(CC(=O)O)CC[C@@]4(C)[C@]3(C)CC[C@H]2C(C)(C)C1=O.[C-]#[N+]C1=C[C@]2(C)[C@H]3CC(=O)[C@@H]4[C@@H]5CC(C)(C)CC[C@]5(N)CC[C@@]4(C)[C@]3(C)CC[C@H]2C(C)(C)C1=O.[C-]#[N+]C1=C[C@]2(C)[C@H]3CC(=O)[C@@H]4[C@@H]5CC(C)(C)CC[C@]5(NS(C)(=O)=O)CC[C@@]4(C)[C@]3(C)CC[C@H]2C(C)(C)C1=O. The number of Topliss-reactive ketones (excluding diaryl/α,β-unsaturated/α-hetero) is 6. The molecule has 20 aliphatic carbocycles. The van der Waals surface area contributed by atoms with Gasteiger partial charge in [-0.05, 0) is 332 Å². The monoisotopic (exact) mass is 1980 g/mol. The molecule has 0 aromatic carbocycles. The van der Waals surface area contributed by atoms with E-state index in [0.29, 0.717) is 18.6 Å². The van der Waals surface area contributed by atoms with Crippen LogP contribution >= 0.6 is 0 Å². The number of carboxylic acids is 1. The van der Waals surface area contributed by atoms with E-state index in [0.717, 1.165) is 191 Å². The van der Waals surface area contributed by atoms with Gasteiger partial charge in [0.15, 0.2) is 34.7 Å². The van der Waals surface area contributed by atoms with Crippen LogP contribution in [-0.4, -0.2) is 83.1 Å². The van der Waals surface area contributed by atoms with Crippen molar-refractivity contribution in [2.45, 2.75) is 404 Å². The highest BCUT2D eigenvalue weighted by atomic mass is 32.2.